The molecule has 0 unspecified atom stereocenters. The van der Waals surface area contributed by atoms with Gasteiger partial charge in [0.15, 0.2) is 0 Å². The van der Waals surface area contributed by atoms with Crippen LogP contribution in [0.3, 0.4) is 0 Å². The van der Waals surface area contributed by atoms with Gasteiger partial charge in [0.05, 0.1) is 50.8 Å². The molecule has 5 heterocycles. The predicted octanol–water partition coefficient (Wildman–Crippen LogP) is 2.81. The van der Waals surface area contributed by atoms with E-state index in [1.165, 1.54) is 0 Å². The van der Waals surface area contributed by atoms with Crippen LogP contribution in [0.25, 0.3) is 11.0 Å². The van der Waals surface area contributed by atoms with Gasteiger partial charge in [-0.2, -0.15) is 10.2 Å². The third-order valence-electron chi connectivity index (χ3n) is 5.63. The van der Waals surface area contributed by atoms with Gasteiger partial charge in [0.25, 0.3) is 5.88 Å². The average Bonchev–Trinajstić information content (AvgIpc) is 3.37. The average molecular weight is 423 g/mol. The summed E-state index contributed by atoms with van der Waals surface area (Å²) >= 11 is 0. The molecule has 0 amide bonds. The first-order valence-electron chi connectivity index (χ1n) is 10.5. The Morgan fingerprint density at radius 2 is 2.06 bits per heavy atom. The first kappa shape index (κ1) is 19.8. The summed E-state index contributed by atoms with van der Waals surface area (Å²) < 4.78 is 20.6. The van der Waals surface area contributed by atoms with Crippen molar-refractivity contribution in [1.82, 2.24) is 24.3 Å². The standard InChI is InChI=1S/C21H25N7O3/c1-12(2)31-20-17(7-27(26-20)16-9-30-10-16)24-21-23-6-14-4-15(5-22)28(19(14)25-21)18-11-29-8-13(18)3/h4,6-7,12-13,16,18H,8-11H2,1-3H3,(H,23,24,25)/t13-,18-/m0/s1. The van der Waals surface area contributed by atoms with Gasteiger partial charge in [0.1, 0.15) is 23.1 Å². The van der Waals surface area contributed by atoms with Gasteiger partial charge in [-0.25, -0.2) is 4.98 Å². The number of nitrogens with one attached hydrogen (secondary N) is 1. The van der Waals surface area contributed by atoms with Crippen LogP contribution in [0.4, 0.5) is 11.6 Å². The Bertz CT molecular complexity index is 1140. The molecule has 10 nitrogen and oxygen atoms in total. The monoisotopic (exact) mass is 423 g/mol. The summed E-state index contributed by atoms with van der Waals surface area (Å²) in [6, 6.07) is 4.38. The lowest BCUT2D eigenvalue weighted by molar-refractivity contribution is -0.0291. The fraction of sp³-hybridized carbons (Fsp3) is 0.524. The van der Waals surface area contributed by atoms with Gasteiger partial charge in [-0.1, -0.05) is 6.92 Å². The summed E-state index contributed by atoms with van der Waals surface area (Å²) in [7, 11) is 0. The van der Waals surface area contributed by atoms with Gasteiger partial charge in [-0.15, -0.1) is 5.10 Å². The SMILES string of the molecule is CC(C)Oc1nn(C2COC2)cc1Nc1ncc2cc(C#N)n([C@H]3COC[C@@H]3C)c2n1. The van der Waals surface area contributed by atoms with Gasteiger partial charge in [0.2, 0.25) is 5.95 Å². The Kier molecular flexibility index (Phi) is 5.00. The molecule has 3 aromatic rings. The van der Waals surface area contributed by atoms with E-state index >= 15 is 0 Å². The Balaban J connectivity index is 1.51. The van der Waals surface area contributed by atoms with Crippen LogP contribution in [0.1, 0.15) is 38.5 Å². The summed E-state index contributed by atoms with van der Waals surface area (Å²) in [5, 5.41) is 18.3. The van der Waals surface area contributed by atoms with E-state index in [1.807, 2.05) is 35.4 Å². The van der Waals surface area contributed by atoms with Crippen LogP contribution in [0.2, 0.25) is 0 Å². The van der Waals surface area contributed by atoms with Crippen LogP contribution in [0.5, 0.6) is 5.88 Å². The van der Waals surface area contributed by atoms with Gasteiger partial charge in [-0.05, 0) is 19.9 Å². The number of nitriles is 1. The maximum Gasteiger partial charge on any atom is 0.257 e. The lowest BCUT2D eigenvalue weighted by Gasteiger charge is -2.25. The molecular weight excluding hydrogens is 398 g/mol. The third-order valence-corrected chi connectivity index (χ3v) is 5.63. The number of ether oxygens (including phenoxy) is 3. The first-order valence-corrected chi connectivity index (χ1v) is 10.5. The van der Waals surface area contributed by atoms with Crippen molar-refractivity contribution in [3.05, 3.63) is 24.2 Å². The lowest BCUT2D eigenvalue weighted by Crippen LogP contribution is -2.30. The predicted molar refractivity (Wildman–Crippen MR) is 112 cm³/mol. The molecular formula is C21H25N7O3. The summed E-state index contributed by atoms with van der Waals surface area (Å²) in [6.07, 6.45) is 3.60. The zero-order chi connectivity index (χ0) is 21.5. The van der Waals surface area contributed by atoms with Crippen molar-refractivity contribution in [2.24, 2.45) is 5.92 Å². The van der Waals surface area contributed by atoms with Crippen molar-refractivity contribution in [3.8, 4) is 11.9 Å². The number of fused-ring (bicyclic) bond motifs is 1. The van der Waals surface area contributed by atoms with Gasteiger partial charge >= 0.3 is 0 Å². The van der Waals surface area contributed by atoms with Crippen molar-refractivity contribution < 1.29 is 14.2 Å². The summed E-state index contributed by atoms with van der Waals surface area (Å²) in [6.45, 7) is 8.55. The molecule has 1 N–H and O–H groups in total. The van der Waals surface area contributed by atoms with Crippen molar-refractivity contribution in [2.45, 2.75) is 39.0 Å². The Morgan fingerprint density at radius 1 is 1.26 bits per heavy atom. The molecule has 0 radical (unpaired) electrons. The van der Waals surface area contributed by atoms with E-state index in [-0.39, 0.29) is 18.2 Å². The van der Waals surface area contributed by atoms with Gasteiger partial charge in [0, 0.05) is 17.5 Å². The first-order chi connectivity index (χ1) is 15.0. The number of rotatable bonds is 6. The van der Waals surface area contributed by atoms with Crippen LogP contribution in [-0.2, 0) is 9.47 Å². The van der Waals surface area contributed by atoms with Crippen molar-refractivity contribution in [3.63, 3.8) is 0 Å². The third kappa shape index (κ3) is 3.60. The number of hydrogen-bond acceptors (Lipinski definition) is 8. The van der Waals surface area contributed by atoms with Crippen LogP contribution in [0, 0.1) is 17.2 Å². The quantitative estimate of drug-likeness (QED) is 0.644. The zero-order valence-electron chi connectivity index (χ0n) is 17.8. The molecule has 5 rings (SSSR count). The number of aromatic nitrogens is 5. The Morgan fingerprint density at radius 3 is 2.71 bits per heavy atom. The second-order valence-corrected chi connectivity index (χ2v) is 8.38. The van der Waals surface area contributed by atoms with Crippen LogP contribution in [0.15, 0.2) is 18.5 Å². The minimum atomic E-state index is -0.0239. The van der Waals surface area contributed by atoms with Gasteiger partial charge < -0.3 is 24.1 Å². The molecule has 0 bridgehead atoms. The summed E-state index contributed by atoms with van der Waals surface area (Å²) in [5.74, 6) is 1.21. The fourth-order valence-electron chi connectivity index (χ4n) is 3.92. The molecule has 3 aromatic heterocycles. The molecule has 31 heavy (non-hydrogen) atoms. The number of anilines is 2. The molecule has 0 aromatic carbocycles. The minimum absolute atomic E-state index is 0.0239. The Labute approximate surface area is 179 Å². The lowest BCUT2D eigenvalue weighted by atomic mass is 10.1. The second-order valence-electron chi connectivity index (χ2n) is 8.38. The van der Waals surface area contributed by atoms with E-state index in [0.29, 0.717) is 61.2 Å². The second kappa shape index (κ2) is 7.83. The summed E-state index contributed by atoms with van der Waals surface area (Å²) in [4.78, 5) is 9.19. The summed E-state index contributed by atoms with van der Waals surface area (Å²) in [5.41, 5.74) is 1.96. The van der Waals surface area contributed by atoms with E-state index in [0.717, 1.165) is 5.39 Å². The largest absolute Gasteiger partial charge is 0.472 e. The van der Waals surface area contributed by atoms with Crippen LogP contribution >= 0.6 is 0 Å². The maximum absolute atomic E-state index is 9.66. The minimum Gasteiger partial charge on any atom is -0.472 e. The molecule has 0 saturated carbocycles. The van der Waals surface area contributed by atoms with E-state index in [9.17, 15) is 5.26 Å². The normalized spacial score (nSPS) is 21.4. The molecule has 10 heteroatoms. The molecule has 2 aliphatic heterocycles. The van der Waals surface area contributed by atoms with E-state index < -0.39 is 0 Å². The van der Waals surface area contributed by atoms with E-state index in [2.05, 4.69) is 28.4 Å². The molecule has 0 spiro atoms. The maximum atomic E-state index is 9.66. The van der Waals surface area contributed by atoms with E-state index in [4.69, 9.17) is 19.2 Å². The van der Waals surface area contributed by atoms with Crippen molar-refractivity contribution >= 4 is 22.7 Å². The number of hydrogen-bond donors (Lipinski definition) is 1. The molecule has 0 aliphatic carbocycles. The van der Waals surface area contributed by atoms with E-state index in [1.54, 1.807) is 6.20 Å². The van der Waals surface area contributed by atoms with Crippen molar-refractivity contribution in [2.75, 3.05) is 31.7 Å². The highest BCUT2D eigenvalue weighted by Crippen LogP contribution is 2.33. The fourth-order valence-corrected chi connectivity index (χ4v) is 3.92. The highest BCUT2D eigenvalue weighted by molar-refractivity contribution is 5.79. The van der Waals surface area contributed by atoms with Crippen LogP contribution in [-0.4, -0.2) is 56.8 Å². The zero-order valence-corrected chi connectivity index (χ0v) is 17.8. The smallest absolute Gasteiger partial charge is 0.257 e. The molecule has 162 valence electrons. The number of nitrogens with zero attached hydrogens (tertiary/aromatic N) is 6. The highest BCUT2D eigenvalue weighted by Gasteiger charge is 2.30. The molecule has 2 aliphatic rings. The highest BCUT2D eigenvalue weighted by atomic mass is 16.5. The molecule has 2 atom stereocenters. The molecule has 2 saturated heterocycles. The van der Waals surface area contributed by atoms with Crippen molar-refractivity contribution in [1.29, 1.82) is 5.26 Å². The topological polar surface area (TPSA) is 112 Å². The van der Waals surface area contributed by atoms with Crippen LogP contribution < -0.4 is 10.1 Å². The van der Waals surface area contributed by atoms with Gasteiger partial charge in [-0.3, -0.25) is 4.68 Å². The Hall–Kier alpha value is -3.16. The molecule has 2 fully saturated rings.